The molecule has 2 fully saturated rings. The lowest BCUT2D eigenvalue weighted by molar-refractivity contribution is -0.145. The second-order valence-electron chi connectivity index (χ2n) is 16.5. The number of hydrogen-bond acceptors (Lipinski definition) is 7. The summed E-state index contributed by atoms with van der Waals surface area (Å²) in [6.07, 6.45) is 8.11. The molecule has 2 aromatic carbocycles. The van der Waals surface area contributed by atoms with Crippen LogP contribution in [0.3, 0.4) is 0 Å². The number of piperidine rings is 1. The normalized spacial score (nSPS) is 18.2. The molecule has 0 bridgehead atoms. The number of ketones is 1. The van der Waals surface area contributed by atoms with Crippen LogP contribution in [0.25, 0.3) is 0 Å². The molecule has 54 heavy (non-hydrogen) atoms. The number of carbonyl (C=O) groups excluding carboxylic acids is 5. The maximum atomic E-state index is 14.1. The van der Waals surface area contributed by atoms with Crippen molar-refractivity contribution in [1.29, 1.82) is 0 Å². The van der Waals surface area contributed by atoms with E-state index in [0.717, 1.165) is 49.7 Å². The van der Waals surface area contributed by atoms with E-state index in [1.807, 2.05) is 79.4 Å². The van der Waals surface area contributed by atoms with Crippen molar-refractivity contribution in [3.8, 4) is 0 Å². The Morgan fingerprint density at radius 2 is 1.30 bits per heavy atom. The molecule has 1 saturated carbocycles. The van der Waals surface area contributed by atoms with Gasteiger partial charge in [-0.2, -0.15) is 0 Å². The fourth-order valence-electron chi connectivity index (χ4n) is 8.64. The third-order valence-electron chi connectivity index (χ3n) is 11.5. The average Bonchev–Trinajstić information content (AvgIpc) is 3.13. The summed E-state index contributed by atoms with van der Waals surface area (Å²) in [6, 6.07) is 15.3. The van der Waals surface area contributed by atoms with Gasteiger partial charge < -0.3 is 37.1 Å². The number of rotatable bonds is 20. The highest BCUT2D eigenvalue weighted by molar-refractivity contribution is 5.95. The molecule has 0 unspecified atom stereocenters. The molecular weight excluding hydrogens is 681 g/mol. The number of nitrogens with zero attached hydrogens (tertiary/aromatic N) is 1. The molecule has 1 aliphatic carbocycles. The second-order valence-corrected chi connectivity index (χ2v) is 16.5. The predicted octanol–water partition coefficient (Wildman–Crippen LogP) is 4.21. The Hall–Kier alpha value is -4.09. The van der Waals surface area contributed by atoms with Gasteiger partial charge in [0.1, 0.15) is 23.9 Å². The number of nitrogens with one attached hydrogen (secondary N) is 3. The number of likely N-dealkylation sites (tertiary alicyclic amines) is 1. The third kappa shape index (κ3) is 12.2. The molecule has 0 radical (unpaired) electrons. The first-order chi connectivity index (χ1) is 25.8. The molecule has 4 amide bonds. The van der Waals surface area contributed by atoms with Crippen LogP contribution in [-0.2, 0) is 36.8 Å². The third-order valence-corrected chi connectivity index (χ3v) is 11.5. The number of hydrogen-bond donors (Lipinski definition) is 5. The quantitative estimate of drug-likeness (QED) is 0.126. The zero-order chi connectivity index (χ0) is 39.3. The molecule has 0 aromatic heterocycles. The minimum absolute atomic E-state index is 0.0490. The summed E-state index contributed by atoms with van der Waals surface area (Å²) in [7, 11) is 0. The Bertz CT molecular complexity index is 1530. The van der Waals surface area contributed by atoms with Gasteiger partial charge in [-0.05, 0) is 106 Å². The average molecular weight is 745 g/mol. The van der Waals surface area contributed by atoms with Crippen LogP contribution in [-0.4, -0.2) is 78.1 Å². The van der Waals surface area contributed by atoms with E-state index in [0.29, 0.717) is 51.7 Å². The maximum absolute atomic E-state index is 14.1. The summed E-state index contributed by atoms with van der Waals surface area (Å²) in [5, 5.41) is 8.81. The fourth-order valence-corrected chi connectivity index (χ4v) is 8.64. The van der Waals surface area contributed by atoms with E-state index < -0.39 is 41.9 Å². The zero-order valence-electron chi connectivity index (χ0n) is 32.9. The van der Waals surface area contributed by atoms with Crippen molar-refractivity contribution in [1.82, 2.24) is 20.9 Å². The van der Waals surface area contributed by atoms with Crippen molar-refractivity contribution in [2.24, 2.45) is 28.2 Å². The van der Waals surface area contributed by atoms with Crippen LogP contribution in [0.4, 0.5) is 0 Å². The largest absolute Gasteiger partial charge is 0.343 e. The van der Waals surface area contributed by atoms with E-state index >= 15 is 0 Å². The first-order valence-corrected chi connectivity index (χ1v) is 20.0. The summed E-state index contributed by atoms with van der Waals surface area (Å²) < 4.78 is 0. The van der Waals surface area contributed by atoms with Gasteiger partial charge in [-0.1, -0.05) is 81.4 Å². The minimum Gasteiger partial charge on any atom is -0.343 e. The van der Waals surface area contributed by atoms with E-state index in [2.05, 4.69) is 22.9 Å². The van der Waals surface area contributed by atoms with Gasteiger partial charge >= 0.3 is 0 Å². The molecule has 296 valence electrons. The Kier molecular flexibility index (Phi) is 15.8. The lowest BCUT2D eigenvalue weighted by Gasteiger charge is -2.59. The smallest absolute Gasteiger partial charge is 0.245 e. The van der Waals surface area contributed by atoms with Gasteiger partial charge in [0.2, 0.25) is 23.6 Å². The number of carbonyl (C=O) groups is 5. The van der Waals surface area contributed by atoms with E-state index in [-0.39, 0.29) is 34.9 Å². The van der Waals surface area contributed by atoms with Gasteiger partial charge in [-0.25, -0.2) is 0 Å². The van der Waals surface area contributed by atoms with E-state index in [9.17, 15) is 24.0 Å². The van der Waals surface area contributed by atoms with Crippen LogP contribution in [0.15, 0.2) is 60.7 Å². The van der Waals surface area contributed by atoms with E-state index in [4.69, 9.17) is 11.5 Å². The van der Waals surface area contributed by atoms with Gasteiger partial charge in [0.15, 0.2) is 0 Å². The van der Waals surface area contributed by atoms with Crippen molar-refractivity contribution in [2.45, 2.75) is 129 Å². The molecule has 11 nitrogen and oxygen atoms in total. The van der Waals surface area contributed by atoms with E-state index in [1.54, 1.807) is 6.92 Å². The topological polar surface area (TPSA) is 177 Å². The summed E-state index contributed by atoms with van der Waals surface area (Å²) in [4.78, 5) is 69.3. The van der Waals surface area contributed by atoms with Crippen LogP contribution in [0.1, 0.15) is 103 Å². The number of Topliss-reactive ketones (excluding diaryl/α,β-unsaturated/α-hetero) is 1. The lowest BCUT2D eigenvalue weighted by Crippen LogP contribution is -2.59. The number of unbranched alkanes of at least 4 members (excludes halogenated alkanes) is 1. The standard InChI is InChI=1S/C43H64N6O5/c1-5-42(27-31(4)50)28-43(29-42)19-22-49(23-20-43)41(54)35(18-12-13-21-44)46-39(52)36(24-30(2)3)48-40(53)37(26-33-16-10-7-11-17-33)47-38(51)34(45)25-32-14-8-6-9-15-32/h6-11,14-17,30,34-37H,5,12-13,18-29,44-45H2,1-4H3,(H,46,52)(H,47,51)(H,48,53)/t34-,35-,36-,37-/m1/s1. The van der Waals surface area contributed by atoms with Crippen LogP contribution in [0.2, 0.25) is 0 Å². The Morgan fingerprint density at radius 3 is 1.83 bits per heavy atom. The monoisotopic (exact) mass is 744 g/mol. The lowest BCUT2D eigenvalue weighted by atomic mass is 9.47. The van der Waals surface area contributed by atoms with Crippen molar-refractivity contribution in [2.75, 3.05) is 19.6 Å². The highest BCUT2D eigenvalue weighted by Crippen LogP contribution is 2.62. The molecule has 11 heteroatoms. The highest BCUT2D eigenvalue weighted by atomic mass is 16.2. The van der Waals surface area contributed by atoms with Gasteiger partial charge in [-0.3, -0.25) is 19.2 Å². The number of amides is 4. The van der Waals surface area contributed by atoms with Crippen LogP contribution < -0.4 is 27.4 Å². The SMILES string of the molecule is CCC1(CC(C)=O)CC2(CCN(C(=O)[C@@H](CCCCN)NC(=O)[C@@H](CC(C)C)NC(=O)[C@@H](Cc3ccccc3)NC(=O)[C@H](N)Cc3ccccc3)CC2)C1. The van der Waals surface area contributed by atoms with Gasteiger partial charge in [-0.15, -0.1) is 0 Å². The first-order valence-electron chi connectivity index (χ1n) is 20.0. The number of nitrogens with two attached hydrogens (primary N) is 2. The van der Waals surface area contributed by atoms with Gasteiger partial charge in [0.25, 0.3) is 0 Å². The maximum Gasteiger partial charge on any atom is 0.245 e. The summed E-state index contributed by atoms with van der Waals surface area (Å²) >= 11 is 0. The molecule has 1 saturated heterocycles. The van der Waals surface area contributed by atoms with Crippen LogP contribution in [0.5, 0.6) is 0 Å². The minimum atomic E-state index is -0.986. The Balaban J connectivity index is 1.44. The molecule has 4 rings (SSSR count). The Morgan fingerprint density at radius 1 is 0.759 bits per heavy atom. The van der Waals surface area contributed by atoms with Crippen LogP contribution >= 0.6 is 0 Å². The molecule has 4 atom stereocenters. The molecule has 1 spiro atoms. The summed E-state index contributed by atoms with van der Waals surface area (Å²) in [6.45, 7) is 9.48. The Labute approximate surface area is 322 Å². The van der Waals surface area contributed by atoms with Crippen LogP contribution in [0, 0.1) is 16.7 Å². The summed E-state index contributed by atoms with van der Waals surface area (Å²) in [5.74, 6) is -1.22. The molecule has 2 aliphatic rings. The summed E-state index contributed by atoms with van der Waals surface area (Å²) in [5.41, 5.74) is 14.1. The van der Waals surface area contributed by atoms with Crippen molar-refractivity contribution < 1.29 is 24.0 Å². The second kappa shape index (κ2) is 20.0. The fraction of sp³-hybridized carbons (Fsp3) is 0.605. The molecule has 1 aliphatic heterocycles. The first kappa shape index (κ1) is 42.6. The van der Waals surface area contributed by atoms with Crippen molar-refractivity contribution >= 4 is 29.4 Å². The van der Waals surface area contributed by atoms with Gasteiger partial charge in [0.05, 0.1) is 6.04 Å². The van der Waals surface area contributed by atoms with Gasteiger partial charge in [0, 0.05) is 25.9 Å². The molecule has 7 N–H and O–H groups in total. The molecule has 2 aromatic rings. The highest BCUT2D eigenvalue weighted by Gasteiger charge is 2.54. The molecular formula is C43H64N6O5. The zero-order valence-corrected chi connectivity index (χ0v) is 32.9. The predicted molar refractivity (Wildman–Crippen MR) is 212 cm³/mol. The number of benzene rings is 2. The van der Waals surface area contributed by atoms with Crippen molar-refractivity contribution in [3.63, 3.8) is 0 Å². The van der Waals surface area contributed by atoms with Crippen molar-refractivity contribution in [3.05, 3.63) is 71.8 Å². The molecule has 1 heterocycles. The van der Waals surface area contributed by atoms with E-state index in [1.165, 1.54) is 0 Å².